The highest BCUT2D eigenvalue weighted by Gasteiger charge is 2.44. The highest BCUT2D eigenvalue weighted by molar-refractivity contribution is 9.10. The molecule has 1 aromatic rings. The van der Waals surface area contributed by atoms with Gasteiger partial charge in [0.2, 0.25) is 0 Å². The molecule has 1 atom stereocenters. The fourth-order valence-corrected chi connectivity index (χ4v) is 3.21. The van der Waals surface area contributed by atoms with Crippen LogP contribution in [0.4, 0.5) is 0 Å². The second-order valence-electron chi connectivity index (χ2n) is 5.02. The van der Waals surface area contributed by atoms with Crippen molar-refractivity contribution < 1.29 is 4.74 Å². The number of nitrogens with one attached hydrogen (secondary N) is 1. The standard InChI is InChI=1S/C12H21BrN4O/c1-8-11(13)9(17(2)16-8)7-10(15-14)12(18-3)5-4-6-12/h10,15H,4-7,14H2,1-3H3. The number of hydrogen-bond acceptors (Lipinski definition) is 4. The zero-order chi connectivity index (χ0) is 13.3. The minimum Gasteiger partial charge on any atom is -0.377 e. The van der Waals surface area contributed by atoms with Gasteiger partial charge in [0.15, 0.2) is 0 Å². The van der Waals surface area contributed by atoms with Gasteiger partial charge in [0.1, 0.15) is 0 Å². The van der Waals surface area contributed by atoms with Gasteiger partial charge in [-0.3, -0.25) is 16.0 Å². The van der Waals surface area contributed by atoms with E-state index in [0.717, 1.165) is 35.1 Å². The maximum absolute atomic E-state index is 5.72. The first-order valence-electron chi connectivity index (χ1n) is 6.23. The van der Waals surface area contributed by atoms with Crippen LogP contribution in [0.1, 0.15) is 30.7 Å². The number of methoxy groups -OCH3 is 1. The number of nitrogens with zero attached hydrogens (tertiary/aromatic N) is 2. The predicted molar refractivity (Wildman–Crippen MR) is 74.1 cm³/mol. The number of aromatic nitrogens is 2. The van der Waals surface area contributed by atoms with Gasteiger partial charge in [-0.1, -0.05) is 0 Å². The maximum atomic E-state index is 5.72. The van der Waals surface area contributed by atoms with E-state index in [1.165, 1.54) is 6.42 Å². The summed E-state index contributed by atoms with van der Waals surface area (Å²) in [4.78, 5) is 0. The molecule has 0 bridgehead atoms. The molecule has 1 aliphatic rings. The van der Waals surface area contributed by atoms with E-state index in [4.69, 9.17) is 10.6 Å². The summed E-state index contributed by atoms with van der Waals surface area (Å²) in [6.07, 6.45) is 4.14. The molecule has 3 N–H and O–H groups in total. The molecule has 1 aromatic heterocycles. The summed E-state index contributed by atoms with van der Waals surface area (Å²) in [5.74, 6) is 5.72. The average Bonchev–Trinajstić information content (AvgIpc) is 2.53. The van der Waals surface area contributed by atoms with E-state index < -0.39 is 0 Å². The molecule has 0 aromatic carbocycles. The summed E-state index contributed by atoms with van der Waals surface area (Å²) in [6.45, 7) is 1.99. The molecular weight excluding hydrogens is 296 g/mol. The van der Waals surface area contributed by atoms with Crippen molar-refractivity contribution in [1.29, 1.82) is 0 Å². The van der Waals surface area contributed by atoms with Gasteiger partial charge in [0.05, 0.1) is 27.5 Å². The Morgan fingerprint density at radius 1 is 1.61 bits per heavy atom. The third kappa shape index (κ3) is 2.22. The lowest BCUT2D eigenvalue weighted by Gasteiger charge is -2.46. The third-order valence-corrected chi connectivity index (χ3v) is 5.13. The molecule has 0 radical (unpaired) electrons. The van der Waals surface area contributed by atoms with Crippen LogP contribution in [0.2, 0.25) is 0 Å². The van der Waals surface area contributed by atoms with E-state index in [2.05, 4.69) is 26.5 Å². The Hall–Kier alpha value is -0.430. The highest BCUT2D eigenvalue weighted by Crippen LogP contribution is 2.39. The monoisotopic (exact) mass is 316 g/mol. The molecule has 1 fully saturated rings. The van der Waals surface area contributed by atoms with Gasteiger partial charge in [-0.15, -0.1) is 0 Å². The van der Waals surface area contributed by atoms with Crippen LogP contribution < -0.4 is 11.3 Å². The summed E-state index contributed by atoms with van der Waals surface area (Å²) >= 11 is 3.59. The van der Waals surface area contributed by atoms with Crippen molar-refractivity contribution in [3.05, 3.63) is 15.9 Å². The molecule has 0 saturated heterocycles. The van der Waals surface area contributed by atoms with Gasteiger partial charge in [-0.25, -0.2) is 0 Å². The molecule has 5 nitrogen and oxygen atoms in total. The minimum atomic E-state index is -0.119. The van der Waals surface area contributed by atoms with Crippen LogP contribution in [0.25, 0.3) is 0 Å². The zero-order valence-corrected chi connectivity index (χ0v) is 12.7. The van der Waals surface area contributed by atoms with E-state index in [1.807, 2.05) is 18.7 Å². The lowest BCUT2D eigenvalue weighted by atomic mass is 9.73. The molecule has 2 rings (SSSR count). The molecule has 0 spiro atoms. The molecule has 1 heterocycles. The quantitative estimate of drug-likeness (QED) is 0.637. The van der Waals surface area contributed by atoms with Crippen LogP contribution in [-0.2, 0) is 18.2 Å². The van der Waals surface area contributed by atoms with Gasteiger partial charge < -0.3 is 4.74 Å². The smallest absolute Gasteiger partial charge is 0.0848 e. The molecule has 102 valence electrons. The number of ether oxygens (including phenoxy) is 1. The molecule has 6 heteroatoms. The van der Waals surface area contributed by atoms with Crippen LogP contribution >= 0.6 is 15.9 Å². The van der Waals surface area contributed by atoms with Crippen molar-refractivity contribution in [2.75, 3.05) is 7.11 Å². The number of rotatable bonds is 5. The Bertz CT molecular complexity index is 422. The van der Waals surface area contributed by atoms with Gasteiger partial charge in [-0.05, 0) is 42.1 Å². The fourth-order valence-electron chi connectivity index (χ4n) is 2.71. The van der Waals surface area contributed by atoms with E-state index in [0.29, 0.717) is 0 Å². The van der Waals surface area contributed by atoms with Crippen molar-refractivity contribution in [2.24, 2.45) is 12.9 Å². The van der Waals surface area contributed by atoms with Gasteiger partial charge in [0.25, 0.3) is 0 Å². The van der Waals surface area contributed by atoms with Gasteiger partial charge >= 0.3 is 0 Å². The van der Waals surface area contributed by atoms with Gasteiger partial charge in [0, 0.05) is 20.6 Å². The predicted octanol–water partition coefficient (Wildman–Crippen LogP) is 1.43. The molecule has 1 saturated carbocycles. The molecule has 0 aliphatic heterocycles. The lowest BCUT2D eigenvalue weighted by Crippen LogP contribution is -2.59. The van der Waals surface area contributed by atoms with Crippen molar-refractivity contribution in [2.45, 2.75) is 44.2 Å². The zero-order valence-electron chi connectivity index (χ0n) is 11.2. The molecular formula is C12H21BrN4O. The molecule has 1 aliphatic carbocycles. The number of hydrogen-bond donors (Lipinski definition) is 2. The lowest BCUT2D eigenvalue weighted by molar-refractivity contribution is -0.0985. The first-order valence-corrected chi connectivity index (χ1v) is 7.02. The van der Waals surface area contributed by atoms with Crippen molar-refractivity contribution in [3.63, 3.8) is 0 Å². The Morgan fingerprint density at radius 2 is 2.28 bits per heavy atom. The van der Waals surface area contributed by atoms with E-state index in [-0.39, 0.29) is 11.6 Å². The average molecular weight is 317 g/mol. The Balaban J connectivity index is 2.20. The van der Waals surface area contributed by atoms with Crippen LogP contribution in [0.5, 0.6) is 0 Å². The largest absolute Gasteiger partial charge is 0.377 e. The molecule has 0 amide bonds. The summed E-state index contributed by atoms with van der Waals surface area (Å²) < 4.78 is 8.67. The van der Waals surface area contributed by atoms with Crippen LogP contribution in [-0.4, -0.2) is 28.5 Å². The topological polar surface area (TPSA) is 65.1 Å². The fraction of sp³-hybridized carbons (Fsp3) is 0.750. The van der Waals surface area contributed by atoms with Crippen molar-refractivity contribution >= 4 is 15.9 Å². The number of aryl methyl sites for hydroxylation is 2. The van der Waals surface area contributed by atoms with Crippen LogP contribution in [0.15, 0.2) is 4.47 Å². The maximum Gasteiger partial charge on any atom is 0.0848 e. The summed E-state index contributed by atoms with van der Waals surface area (Å²) in [5, 5.41) is 4.41. The van der Waals surface area contributed by atoms with E-state index in [1.54, 1.807) is 7.11 Å². The Kier molecular flexibility index (Phi) is 4.11. The van der Waals surface area contributed by atoms with Crippen LogP contribution in [0, 0.1) is 6.92 Å². The minimum absolute atomic E-state index is 0.113. The highest BCUT2D eigenvalue weighted by atomic mass is 79.9. The van der Waals surface area contributed by atoms with Crippen molar-refractivity contribution in [3.8, 4) is 0 Å². The summed E-state index contributed by atoms with van der Waals surface area (Å²) in [7, 11) is 3.73. The molecule has 1 unspecified atom stereocenters. The number of hydrazine groups is 1. The van der Waals surface area contributed by atoms with Crippen molar-refractivity contribution in [1.82, 2.24) is 15.2 Å². The Morgan fingerprint density at radius 3 is 2.61 bits per heavy atom. The number of halogens is 1. The third-order valence-electron chi connectivity index (χ3n) is 4.10. The second-order valence-corrected chi connectivity index (χ2v) is 5.81. The second kappa shape index (κ2) is 5.28. The molecule has 18 heavy (non-hydrogen) atoms. The Labute approximate surface area is 116 Å². The first-order chi connectivity index (χ1) is 8.54. The van der Waals surface area contributed by atoms with E-state index in [9.17, 15) is 0 Å². The summed E-state index contributed by atoms with van der Waals surface area (Å²) in [6, 6.07) is 0.113. The number of nitrogens with two attached hydrogens (primary N) is 1. The first kappa shape index (κ1) is 14.0. The van der Waals surface area contributed by atoms with Crippen LogP contribution in [0.3, 0.4) is 0 Å². The summed E-state index contributed by atoms with van der Waals surface area (Å²) in [5.41, 5.74) is 4.96. The normalized spacial score (nSPS) is 19.6. The van der Waals surface area contributed by atoms with E-state index >= 15 is 0 Å². The SMILES string of the molecule is COC1(C(Cc2c(Br)c(C)nn2C)NN)CCC1. The van der Waals surface area contributed by atoms with Gasteiger partial charge in [-0.2, -0.15) is 5.10 Å².